The van der Waals surface area contributed by atoms with E-state index in [2.05, 4.69) is 5.32 Å². The molecule has 2 aromatic heterocycles. The molecular formula is C21H17N3O2S2. The molecule has 0 atom stereocenters. The Labute approximate surface area is 169 Å². The van der Waals surface area contributed by atoms with Gasteiger partial charge in [-0.1, -0.05) is 24.3 Å². The zero-order valence-corrected chi connectivity index (χ0v) is 16.4. The van der Waals surface area contributed by atoms with Crippen molar-refractivity contribution in [3.8, 4) is 10.4 Å². The van der Waals surface area contributed by atoms with Gasteiger partial charge in [-0.25, -0.2) is 0 Å². The number of benzene rings is 2. The molecular weight excluding hydrogens is 390 g/mol. The number of carbonyl (C=O) groups excluding carboxylic acids is 2. The van der Waals surface area contributed by atoms with Crippen LogP contribution in [0.5, 0.6) is 0 Å². The number of rotatable bonds is 5. The molecule has 0 aliphatic heterocycles. The van der Waals surface area contributed by atoms with Gasteiger partial charge in [-0.3, -0.25) is 9.59 Å². The number of nitrogens with two attached hydrogens (primary N) is 2. The molecule has 5 N–H and O–H groups in total. The molecule has 28 heavy (non-hydrogen) atoms. The topological polar surface area (TPSA) is 98.2 Å². The molecule has 4 aromatic rings. The summed E-state index contributed by atoms with van der Waals surface area (Å²) in [6.07, 6.45) is 0. The first-order chi connectivity index (χ1) is 13.5. The van der Waals surface area contributed by atoms with Gasteiger partial charge in [0, 0.05) is 32.8 Å². The number of nitrogens with one attached hydrogen (secondary N) is 1. The molecule has 0 unspecified atom stereocenters. The number of carbonyl (C=O) groups is 2. The molecule has 5 nitrogen and oxygen atoms in total. The Kier molecular flexibility index (Phi) is 4.85. The second kappa shape index (κ2) is 7.46. The quantitative estimate of drug-likeness (QED) is 0.432. The van der Waals surface area contributed by atoms with Gasteiger partial charge < -0.3 is 16.8 Å². The highest BCUT2D eigenvalue weighted by atomic mass is 32.1. The van der Waals surface area contributed by atoms with Crippen LogP contribution in [-0.4, -0.2) is 11.8 Å². The van der Waals surface area contributed by atoms with Crippen LogP contribution in [0, 0.1) is 0 Å². The van der Waals surface area contributed by atoms with Crippen LogP contribution in [0.3, 0.4) is 0 Å². The highest BCUT2D eigenvalue weighted by Crippen LogP contribution is 2.37. The first-order valence-electron chi connectivity index (χ1n) is 8.56. The minimum atomic E-state index is -0.431. The Bertz CT molecular complexity index is 1190. The van der Waals surface area contributed by atoms with Crippen molar-refractivity contribution in [1.82, 2.24) is 5.32 Å². The molecule has 0 aliphatic rings. The fraction of sp³-hybridized carbons (Fsp3) is 0.0476. The van der Waals surface area contributed by atoms with Gasteiger partial charge in [0.25, 0.3) is 11.8 Å². The van der Waals surface area contributed by atoms with Crippen molar-refractivity contribution < 1.29 is 9.59 Å². The number of fused-ring (bicyclic) bond motifs is 1. The second-order valence-electron chi connectivity index (χ2n) is 6.28. The molecule has 0 aliphatic carbocycles. The van der Waals surface area contributed by atoms with Crippen LogP contribution in [0.1, 0.15) is 24.9 Å². The average Bonchev–Trinajstić information content (AvgIpc) is 3.33. The number of primary amides is 1. The molecule has 0 saturated carbocycles. The molecule has 0 radical (unpaired) electrons. The zero-order valence-electron chi connectivity index (χ0n) is 14.8. The number of amides is 2. The third-order valence-electron chi connectivity index (χ3n) is 4.30. The Morgan fingerprint density at radius 3 is 2.54 bits per heavy atom. The molecule has 7 heteroatoms. The fourth-order valence-electron chi connectivity index (χ4n) is 2.97. The van der Waals surface area contributed by atoms with Crippen LogP contribution in [0.2, 0.25) is 0 Å². The van der Waals surface area contributed by atoms with E-state index in [0.717, 1.165) is 26.1 Å². The van der Waals surface area contributed by atoms with Crippen LogP contribution in [0.15, 0.2) is 60.7 Å². The number of thiophene rings is 2. The second-order valence-corrected chi connectivity index (χ2v) is 8.45. The summed E-state index contributed by atoms with van der Waals surface area (Å²) in [4.78, 5) is 26.1. The van der Waals surface area contributed by atoms with Crippen molar-refractivity contribution in [2.75, 3.05) is 5.73 Å². The Morgan fingerprint density at radius 2 is 1.75 bits per heavy atom. The van der Waals surface area contributed by atoms with Gasteiger partial charge in [0.2, 0.25) is 0 Å². The van der Waals surface area contributed by atoms with Gasteiger partial charge in [0.15, 0.2) is 0 Å². The van der Waals surface area contributed by atoms with E-state index in [-0.39, 0.29) is 5.91 Å². The zero-order chi connectivity index (χ0) is 19.7. The lowest BCUT2D eigenvalue weighted by molar-refractivity contribution is 0.0953. The molecule has 0 spiro atoms. The SMILES string of the molecule is NC(=O)c1cc2c(-c3ccc(C(=O)NCc4cccc(N)c4)s3)cccc2s1. The molecule has 0 bridgehead atoms. The summed E-state index contributed by atoms with van der Waals surface area (Å²) < 4.78 is 0.993. The summed E-state index contributed by atoms with van der Waals surface area (Å²) in [5.41, 5.74) is 13.8. The third kappa shape index (κ3) is 3.62. The normalized spacial score (nSPS) is 10.9. The molecule has 4 rings (SSSR count). The Morgan fingerprint density at radius 1 is 0.929 bits per heavy atom. The molecule has 2 heterocycles. The maximum absolute atomic E-state index is 12.5. The van der Waals surface area contributed by atoms with Gasteiger partial charge in [0.05, 0.1) is 9.75 Å². The van der Waals surface area contributed by atoms with Crippen LogP contribution in [0.25, 0.3) is 20.5 Å². The lowest BCUT2D eigenvalue weighted by atomic mass is 10.1. The Hall–Kier alpha value is -3.16. The predicted molar refractivity (Wildman–Crippen MR) is 116 cm³/mol. The first kappa shape index (κ1) is 18.2. The van der Waals surface area contributed by atoms with E-state index >= 15 is 0 Å². The van der Waals surface area contributed by atoms with E-state index in [4.69, 9.17) is 11.5 Å². The van der Waals surface area contributed by atoms with Crippen LogP contribution < -0.4 is 16.8 Å². The maximum atomic E-state index is 12.5. The average molecular weight is 408 g/mol. The summed E-state index contributed by atoms with van der Waals surface area (Å²) in [5.74, 6) is -0.561. The predicted octanol–water partition coefficient (Wildman–Crippen LogP) is 4.24. The smallest absolute Gasteiger partial charge is 0.261 e. The van der Waals surface area contributed by atoms with Crippen LogP contribution in [-0.2, 0) is 6.54 Å². The number of hydrogen-bond donors (Lipinski definition) is 3. The van der Waals surface area contributed by atoms with Gasteiger partial charge in [0.1, 0.15) is 0 Å². The van der Waals surface area contributed by atoms with Gasteiger partial charge >= 0.3 is 0 Å². The highest BCUT2D eigenvalue weighted by molar-refractivity contribution is 7.21. The van der Waals surface area contributed by atoms with E-state index in [9.17, 15) is 9.59 Å². The van der Waals surface area contributed by atoms with Crippen molar-refractivity contribution in [2.45, 2.75) is 6.54 Å². The Balaban J connectivity index is 1.56. The molecule has 0 fully saturated rings. The fourth-order valence-corrected chi connectivity index (χ4v) is 4.88. The van der Waals surface area contributed by atoms with Crippen molar-refractivity contribution in [3.05, 3.63) is 76.0 Å². The summed E-state index contributed by atoms with van der Waals surface area (Å²) >= 11 is 2.79. The lowest BCUT2D eigenvalue weighted by Gasteiger charge is -2.04. The minimum Gasteiger partial charge on any atom is -0.399 e. The van der Waals surface area contributed by atoms with Crippen molar-refractivity contribution in [3.63, 3.8) is 0 Å². The van der Waals surface area contributed by atoms with E-state index < -0.39 is 5.91 Å². The van der Waals surface area contributed by atoms with Crippen molar-refractivity contribution in [1.29, 1.82) is 0 Å². The van der Waals surface area contributed by atoms with Crippen LogP contribution in [0.4, 0.5) is 5.69 Å². The summed E-state index contributed by atoms with van der Waals surface area (Å²) in [5, 5.41) is 3.89. The lowest BCUT2D eigenvalue weighted by Crippen LogP contribution is -2.21. The number of hydrogen-bond acceptors (Lipinski definition) is 5. The number of nitrogen functional groups attached to an aromatic ring is 1. The summed E-state index contributed by atoms with van der Waals surface area (Å²) in [6, 6.07) is 18.9. The van der Waals surface area contributed by atoms with E-state index in [1.165, 1.54) is 22.7 Å². The summed E-state index contributed by atoms with van der Waals surface area (Å²) in [6.45, 7) is 0.416. The largest absolute Gasteiger partial charge is 0.399 e. The minimum absolute atomic E-state index is 0.131. The number of anilines is 1. The van der Waals surface area contributed by atoms with Gasteiger partial charge in [-0.05, 0) is 42.0 Å². The van der Waals surface area contributed by atoms with E-state index in [1.54, 1.807) is 0 Å². The van der Waals surface area contributed by atoms with Gasteiger partial charge in [-0.2, -0.15) is 0 Å². The monoisotopic (exact) mass is 407 g/mol. The van der Waals surface area contributed by atoms with Gasteiger partial charge in [-0.15, -0.1) is 22.7 Å². The van der Waals surface area contributed by atoms with E-state index in [0.29, 0.717) is 22.0 Å². The van der Waals surface area contributed by atoms with Crippen LogP contribution >= 0.6 is 22.7 Å². The molecule has 2 amide bonds. The standard InChI is InChI=1S/C21H17N3O2S2/c22-13-4-1-3-12(9-13)11-24-21(26)18-8-7-17(27-18)14-5-2-6-16-15(14)10-19(28-16)20(23)25/h1-10H,11,22H2,(H2,23,25)(H,24,26). The summed E-state index contributed by atoms with van der Waals surface area (Å²) in [7, 11) is 0. The molecule has 0 saturated heterocycles. The molecule has 2 aromatic carbocycles. The highest BCUT2D eigenvalue weighted by Gasteiger charge is 2.14. The molecule has 140 valence electrons. The van der Waals surface area contributed by atoms with Crippen molar-refractivity contribution in [2.24, 2.45) is 5.73 Å². The van der Waals surface area contributed by atoms with E-state index in [1.807, 2.05) is 60.7 Å². The van der Waals surface area contributed by atoms with Crippen molar-refractivity contribution >= 4 is 50.3 Å². The first-order valence-corrected chi connectivity index (χ1v) is 10.2. The maximum Gasteiger partial charge on any atom is 0.261 e. The third-order valence-corrected chi connectivity index (χ3v) is 6.54.